The lowest BCUT2D eigenvalue weighted by Gasteiger charge is -2.26. The maximum atomic E-state index is 14.6. The number of hydrogen-bond donors (Lipinski definition) is 0. The fraction of sp³-hybridized carbons (Fsp3) is 0.417. The molecule has 0 saturated carbocycles. The van der Waals surface area contributed by atoms with Crippen LogP contribution in [0.25, 0.3) is 0 Å². The minimum Gasteiger partial charge on any atom is -0.489 e. The highest BCUT2D eigenvalue weighted by Crippen LogP contribution is 2.32. The Balaban J connectivity index is 1.68. The summed E-state index contributed by atoms with van der Waals surface area (Å²) in [6.07, 6.45) is 3.68. The summed E-state index contributed by atoms with van der Waals surface area (Å²) in [6.45, 7) is 6.25. The molecule has 6 nitrogen and oxygen atoms in total. The van der Waals surface area contributed by atoms with Gasteiger partial charge < -0.3 is 14.4 Å². The summed E-state index contributed by atoms with van der Waals surface area (Å²) in [7, 11) is 0. The molecule has 0 spiro atoms. The smallest absolute Gasteiger partial charge is 0.308 e. The van der Waals surface area contributed by atoms with Crippen LogP contribution in [0, 0.1) is 5.82 Å². The van der Waals surface area contributed by atoms with E-state index in [0.717, 1.165) is 19.6 Å². The molecule has 0 unspecified atom stereocenters. The third-order valence-corrected chi connectivity index (χ3v) is 5.97. The van der Waals surface area contributed by atoms with E-state index in [-0.39, 0.29) is 18.2 Å². The predicted molar refractivity (Wildman–Crippen MR) is 125 cm³/mol. The topological polar surface area (TPSA) is 59.1 Å². The van der Waals surface area contributed by atoms with Crippen molar-refractivity contribution in [3.05, 3.63) is 52.3 Å². The van der Waals surface area contributed by atoms with Crippen LogP contribution in [0.5, 0.6) is 11.5 Å². The Labute approximate surface area is 196 Å². The average molecular weight is 507 g/mol. The van der Waals surface area contributed by atoms with Gasteiger partial charge in [-0.25, -0.2) is 4.39 Å². The van der Waals surface area contributed by atoms with Gasteiger partial charge in [0.05, 0.1) is 12.2 Å². The van der Waals surface area contributed by atoms with E-state index in [9.17, 15) is 14.0 Å². The molecule has 1 fully saturated rings. The molecule has 1 amide bonds. The predicted octanol–water partition coefficient (Wildman–Crippen LogP) is 4.93. The molecule has 0 radical (unpaired) electrons. The molecule has 2 aromatic rings. The number of piperidine rings is 1. The molecule has 0 atom stereocenters. The number of likely N-dealkylation sites (tertiary alicyclic amines) is 1. The molecular formula is C24H28BrFN2O4. The zero-order valence-electron chi connectivity index (χ0n) is 18.4. The third-order valence-electron chi connectivity index (χ3n) is 5.30. The molecule has 1 aliphatic rings. The Bertz CT molecular complexity index is 963. The summed E-state index contributed by atoms with van der Waals surface area (Å²) in [6, 6.07) is 9.66. The van der Waals surface area contributed by atoms with Crippen LogP contribution in [0.2, 0.25) is 0 Å². The normalized spacial score (nSPS) is 14.1. The Morgan fingerprint density at radius 1 is 1.09 bits per heavy atom. The van der Waals surface area contributed by atoms with Crippen LogP contribution in [0.1, 0.15) is 38.7 Å². The van der Waals surface area contributed by atoms with Crippen molar-refractivity contribution in [1.29, 1.82) is 0 Å². The molecule has 0 aliphatic carbocycles. The van der Waals surface area contributed by atoms with Crippen molar-refractivity contribution in [1.82, 2.24) is 4.90 Å². The second-order valence-corrected chi connectivity index (χ2v) is 8.68. The highest BCUT2D eigenvalue weighted by Gasteiger charge is 2.18. The van der Waals surface area contributed by atoms with Crippen LogP contribution in [0.3, 0.4) is 0 Å². The number of nitrogens with zero attached hydrogens (tertiary/aromatic N) is 2. The summed E-state index contributed by atoms with van der Waals surface area (Å²) in [5, 5.41) is 0. The van der Waals surface area contributed by atoms with Gasteiger partial charge >= 0.3 is 5.97 Å². The Kier molecular flexibility index (Phi) is 8.64. The van der Waals surface area contributed by atoms with Gasteiger partial charge in [0.1, 0.15) is 12.4 Å². The van der Waals surface area contributed by atoms with Gasteiger partial charge in [-0.3, -0.25) is 14.5 Å². The lowest BCUT2D eigenvalue weighted by molar-refractivity contribution is -0.131. The van der Waals surface area contributed by atoms with Crippen molar-refractivity contribution < 1.29 is 23.5 Å². The Hall–Kier alpha value is -2.45. The zero-order valence-corrected chi connectivity index (χ0v) is 20.0. The molecule has 0 bridgehead atoms. The fourth-order valence-corrected chi connectivity index (χ4v) is 4.17. The standard InChI is InChI=1S/C24H28BrFN2O4/c1-17(29)28(23-15-20(32-18(2)30)7-8-21(23)25)16-19-6-9-24(22(26)14-19)31-13-12-27-10-4-3-5-11-27/h6-9,14-15H,3-5,10-13,16H2,1-2H3. The van der Waals surface area contributed by atoms with Gasteiger partial charge in [0, 0.05) is 30.9 Å². The first-order valence-corrected chi connectivity index (χ1v) is 11.5. The fourth-order valence-electron chi connectivity index (χ4n) is 3.70. The van der Waals surface area contributed by atoms with E-state index in [1.165, 1.54) is 44.1 Å². The van der Waals surface area contributed by atoms with Crippen LogP contribution < -0.4 is 14.4 Å². The number of amides is 1. The monoisotopic (exact) mass is 506 g/mol. The first-order chi connectivity index (χ1) is 15.3. The van der Waals surface area contributed by atoms with E-state index in [1.54, 1.807) is 30.3 Å². The number of esters is 1. The van der Waals surface area contributed by atoms with E-state index in [2.05, 4.69) is 20.8 Å². The summed E-state index contributed by atoms with van der Waals surface area (Å²) >= 11 is 3.43. The van der Waals surface area contributed by atoms with Crippen LogP contribution in [-0.2, 0) is 16.1 Å². The number of hydrogen-bond acceptors (Lipinski definition) is 5. The van der Waals surface area contributed by atoms with Crippen LogP contribution in [0.15, 0.2) is 40.9 Å². The van der Waals surface area contributed by atoms with Crippen molar-refractivity contribution in [2.75, 3.05) is 31.1 Å². The minimum atomic E-state index is -0.461. The molecule has 32 heavy (non-hydrogen) atoms. The molecular weight excluding hydrogens is 479 g/mol. The average Bonchev–Trinajstić information content (AvgIpc) is 2.75. The number of carbonyl (C=O) groups is 2. The lowest BCUT2D eigenvalue weighted by Crippen LogP contribution is -2.33. The van der Waals surface area contributed by atoms with E-state index in [0.29, 0.717) is 28.1 Å². The summed E-state index contributed by atoms with van der Waals surface area (Å²) < 4.78 is 26.1. The molecule has 1 aliphatic heterocycles. The van der Waals surface area contributed by atoms with E-state index in [4.69, 9.17) is 9.47 Å². The molecule has 8 heteroatoms. The maximum absolute atomic E-state index is 14.6. The van der Waals surface area contributed by atoms with Gasteiger partial charge in [0.25, 0.3) is 0 Å². The minimum absolute atomic E-state index is 0.155. The SMILES string of the molecule is CC(=O)Oc1ccc(Br)c(N(Cc2ccc(OCCN3CCCCC3)c(F)c2)C(C)=O)c1. The Morgan fingerprint density at radius 3 is 2.50 bits per heavy atom. The van der Waals surface area contributed by atoms with E-state index < -0.39 is 11.8 Å². The van der Waals surface area contributed by atoms with Crippen LogP contribution in [-0.4, -0.2) is 43.0 Å². The second-order valence-electron chi connectivity index (χ2n) is 7.83. The highest BCUT2D eigenvalue weighted by atomic mass is 79.9. The van der Waals surface area contributed by atoms with Gasteiger partial charge in [-0.15, -0.1) is 0 Å². The number of ether oxygens (including phenoxy) is 2. The first kappa shape index (κ1) is 24.2. The quantitative estimate of drug-likeness (QED) is 0.375. The van der Waals surface area contributed by atoms with Gasteiger partial charge in [0.15, 0.2) is 11.6 Å². The van der Waals surface area contributed by atoms with Crippen LogP contribution in [0.4, 0.5) is 10.1 Å². The first-order valence-electron chi connectivity index (χ1n) is 10.7. The number of halogens is 2. The summed E-state index contributed by atoms with van der Waals surface area (Å²) in [5.41, 5.74) is 1.14. The lowest BCUT2D eigenvalue weighted by atomic mass is 10.1. The molecule has 0 aromatic heterocycles. The largest absolute Gasteiger partial charge is 0.489 e. The zero-order chi connectivity index (χ0) is 23.1. The van der Waals surface area contributed by atoms with Gasteiger partial charge in [-0.05, 0) is 71.7 Å². The Morgan fingerprint density at radius 2 is 1.84 bits per heavy atom. The van der Waals surface area contributed by atoms with Crippen molar-refractivity contribution in [2.45, 2.75) is 39.7 Å². The highest BCUT2D eigenvalue weighted by molar-refractivity contribution is 9.10. The van der Waals surface area contributed by atoms with Gasteiger partial charge in [-0.1, -0.05) is 12.5 Å². The molecule has 3 rings (SSSR count). The molecule has 172 valence electrons. The van der Waals surface area contributed by atoms with Crippen molar-refractivity contribution in [3.63, 3.8) is 0 Å². The molecule has 1 saturated heterocycles. The van der Waals surface area contributed by atoms with Crippen molar-refractivity contribution in [2.24, 2.45) is 0 Å². The van der Waals surface area contributed by atoms with Gasteiger partial charge in [0.2, 0.25) is 5.91 Å². The second kappa shape index (κ2) is 11.4. The maximum Gasteiger partial charge on any atom is 0.308 e. The van der Waals surface area contributed by atoms with Crippen LogP contribution >= 0.6 is 15.9 Å². The number of anilines is 1. The summed E-state index contributed by atoms with van der Waals surface area (Å²) in [5.74, 6) is -0.611. The third kappa shape index (κ3) is 6.77. The van der Waals surface area contributed by atoms with Crippen molar-refractivity contribution >= 4 is 33.5 Å². The molecule has 2 aromatic carbocycles. The van der Waals surface area contributed by atoms with Gasteiger partial charge in [-0.2, -0.15) is 0 Å². The molecule has 0 N–H and O–H groups in total. The molecule has 1 heterocycles. The number of rotatable bonds is 8. The van der Waals surface area contributed by atoms with Crippen molar-refractivity contribution in [3.8, 4) is 11.5 Å². The van der Waals surface area contributed by atoms with E-state index >= 15 is 0 Å². The number of carbonyl (C=O) groups excluding carboxylic acids is 2. The summed E-state index contributed by atoms with van der Waals surface area (Å²) in [4.78, 5) is 27.4. The number of benzene rings is 2. The van der Waals surface area contributed by atoms with E-state index in [1.807, 2.05) is 0 Å².